The first-order valence-corrected chi connectivity index (χ1v) is 14.0. The van der Waals surface area contributed by atoms with Gasteiger partial charge in [0.2, 0.25) is 0 Å². The molecular weight excluding hydrogens is 631 g/mol. The van der Waals surface area contributed by atoms with Crippen molar-refractivity contribution in [1.29, 1.82) is 0 Å². The number of furan rings is 1. The van der Waals surface area contributed by atoms with Crippen molar-refractivity contribution >= 4 is 46.0 Å². The summed E-state index contributed by atoms with van der Waals surface area (Å²) in [5.74, 6) is 1.73. The summed E-state index contributed by atoms with van der Waals surface area (Å²) < 4.78 is 25.4. The van der Waals surface area contributed by atoms with Gasteiger partial charge in [-0.2, -0.15) is 0 Å². The van der Waals surface area contributed by atoms with E-state index in [2.05, 4.69) is 27.6 Å². The van der Waals surface area contributed by atoms with Gasteiger partial charge in [-0.1, -0.05) is 29.5 Å². The van der Waals surface area contributed by atoms with Crippen LogP contribution in [0.2, 0.25) is 0 Å². The molecule has 0 amide bonds. The van der Waals surface area contributed by atoms with E-state index in [0.717, 1.165) is 9.13 Å². The molecule has 0 fully saturated rings. The number of thiazole rings is 1. The van der Waals surface area contributed by atoms with Crippen molar-refractivity contribution in [3.05, 3.63) is 100 Å². The summed E-state index contributed by atoms with van der Waals surface area (Å²) in [4.78, 5) is 32.0. The van der Waals surface area contributed by atoms with Gasteiger partial charge in [-0.05, 0) is 78.4 Å². The minimum Gasteiger partial charge on any atom is -0.493 e. The van der Waals surface area contributed by atoms with E-state index in [4.69, 9.17) is 18.6 Å². The number of hydrogen-bond acceptors (Lipinski definition) is 8. The smallest absolute Gasteiger partial charge is 0.338 e. The van der Waals surface area contributed by atoms with Gasteiger partial charge in [0.25, 0.3) is 5.56 Å². The second kappa shape index (κ2) is 11.2. The molecule has 5 rings (SSSR count). The number of aromatic nitrogens is 1. The predicted octanol–water partition coefficient (Wildman–Crippen LogP) is 4.68. The Morgan fingerprint density at radius 1 is 1.10 bits per heavy atom. The molecule has 1 aliphatic heterocycles. The summed E-state index contributed by atoms with van der Waals surface area (Å²) in [6.07, 6.45) is 1.70. The SMILES string of the molecule is CCOC(=O)C1=C(C)N=c2s/c(=C\c3ccc(-c4ccc(I)cc4)o3)c(=O)n2[C@H]1c1ccc(OC)c(OC)c1. The molecule has 0 bridgehead atoms. The number of carbonyl (C=O) groups is 1. The fourth-order valence-corrected chi connectivity index (χ4v) is 5.84. The number of halogens is 1. The van der Waals surface area contributed by atoms with Crippen molar-refractivity contribution < 1.29 is 23.4 Å². The second-order valence-corrected chi connectivity index (χ2v) is 10.9. The van der Waals surface area contributed by atoms with E-state index >= 15 is 0 Å². The number of hydrogen-bond donors (Lipinski definition) is 0. The highest BCUT2D eigenvalue weighted by Crippen LogP contribution is 2.36. The monoisotopic (exact) mass is 656 g/mol. The zero-order chi connectivity index (χ0) is 27.7. The molecule has 0 radical (unpaired) electrons. The number of ether oxygens (including phenoxy) is 3. The maximum Gasteiger partial charge on any atom is 0.338 e. The number of esters is 1. The normalized spacial score (nSPS) is 15.1. The molecule has 1 aliphatic rings. The Hall–Kier alpha value is -3.64. The Bertz CT molecular complexity index is 1760. The quantitative estimate of drug-likeness (QED) is 0.212. The Balaban J connectivity index is 1.65. The highest BCUT2D eigenvalue weighted by Gasteiger charge is 2.34. The Labute approximate surface area is 242 Å². The lowest BCUT2D eigenvalue weighted by molar-refractivity contribution is -0.139. The average molecular weight is 656 g/mol. The first-order valence-electron chi connectivity index (χ1n) is 12.1. The predicted molar refractivity (Wildman–Crippen MR) is 157 cm³/mol. The molecular formula is C29H25IN2O6S. The van der Waals surface area contributed by atoms with Gasteiger partial charge in [-0.15, -0.1) is 0 Å². The fraction of sp³-hybridized carbons (Fsp3) is 0.207. The first-order chi connectivity index (χ1) is 18.8. The third-order valence-electron chi connectivity index (χ3n) is 6.27. The van der Waals surface area contributed by atoms with Crippen LogP contribution in [0.1, 0.15) is 31.2 Å². The number of nitrogens with zero attached hydrogens (tertiary/aromatic N) is 2. The van der Waals surface area contributed by atoms with Crippen LogP contribution in [-0.4, -0.2) is 31.4 Å². The van der Waals surface area contributed by atoms with Crippen LogP contribution in [0.15, 0.2) is 80.1 Å². The molecule has 4 aromatic rings. The molecule has 0 spiro atoms. The third-order valence-corrected chi connectivity index (χ3v) is 7.97. The molecule has 39 heavy (non-hydrogen) atoms. The number of benzene rings is 2. The number of allylic oxidation sites excluding steroid dienone is 1. The van der Waals surface area contributed by atoms with Crippen LogP contribution in [0.4, 0.5) is 0 Å². The van der Waals surface area contributed by atoms with Gasteiger partial charge in [0.1, 0.15) is 11.5 Å². The molecule has 8 nitrogen and oxygen atoms in total. The van der Waals surface area contributed by atoms with Crippen molar-refractivity contribution in [2.45, 2.75) is 19.9 Å². The molecule has 2 aromatic heterocycles. The molecule has 0 N–H and O–H groups in total. The average Bonchev–Trinajstić information content (AvgIpc) is 3.52. The van der Waals surface area contributed by atoms with Crippen molar-refractivity contribution in [3.8, 4) is 22.8 Å². The van der Waals surface area contributed by atoms with Crippen LogP contribution in [0.3, 0.4) is 0 Å². The van der Waals surface area contributed by atoms with Crippen LogP contribution in [0.5, 0.6) is 11.5 Å². The highest BCUT2D eigenvalue weighted by atomic mass is 127. The van der Waals surface area contributed by atoms with Crippen molar-refractivity contribution in [3.63, 3.8) is 0 Å². The molecule has 200 valence electrons. The molecule has 3 heterocycles. The van der Waals surface area contributed by atoms with E-state index in [-0.39, 0.29) is 12.2 Å². The maximum atomic E-state index is 13.8. The van der Waals surface area contributed by atoms with Crippen LogP contribution < -0.4 is 24.4 Å². The molecule has 0 unspecified atom stereocenters. The third kappa shape index (κ3) is 5.18. The van der Waals surface area contributed by atoms with Gasteiger partial charge in [-0.3, -0.25) is 9.36 Å². The van der Waals surface area contributed by atoms with E-state index < -0.39 is 12.0 Å². The molecule has 0 saturated heterocycles. The van der Waals surface area contributed by atoms with E-state index in [0.29, 0.717) is 49.2 Å². The Morgan fingerprint density at radius 2 is 1.85 bits per heavy atom. The second-order valence-electron chi connectivity index (χ2n) is 8.63. The van der Waals surface area contributed by atoms with Crippen molar-refractivity contribution in [1.82, 2.24) is 4.57 Å². The van der Waals surface area contributed by atoms with E-state index in [9.17, 15) is 9.59 Å². The lowest BCUT2D eigenvalue weighted by atomic mass is 9.95. The van der Waals surface area contributed by atoms with Gasteiger partial charge in [-0.25, -0.2) is 9.79 Å². The van der Waals surface area contributed by atoms with Crippen molar-refractivity contribution in [2.24, 2.45) is 4.99 Å². The molecule has 0 saturated carbocycles. The summed E-state index contributed by atoms with van der Waals surface area (Å²) >= 11 is 3.49. The highest BCUT2D eigenvalue weighted by molar-refractivity contribution is 14.1. The van der Waals surface area contributed by atoms with Crippen molar-refractivity contribution in [2.75, 3.05) is 20.8 Å². The zero-order valence-corrected chi connectivity index (χ0v) is 24.7. The van der Waals surface area contributed by atoms with E-state index in [1.807, 2.05) is 36.4 Å². The minimum absolute atomic E-state index is 0.195. The Morgan fingerprint density at radius 3 is 2.54 bits per heavy atom. The van der Waals surface area contributed by atoms with Gasteiger partial charge in [0.15, 0.2) is 16.3 Å². The molecule has 0 aliphatic carbocycles. The topological polar surface area (TPSA) is 92.3 Å². The summed E-state index contributed by atoms with van der Waals surface area (Å²) in [6, 6.07) is 16.2. The summed E-state index contributed by atoms with van der Waals surface area (Å²) in [5.41, 5.74) is 2.10. The Kier molecular flexibility index (Phi) is 7.76. The summed E-state index contributed by atoms with van der Waals surface area (Å²) in [5, 5.41) is 0. The van der Waals surface area contributed by atoms with Gasteiger partial charge in [0.05, 0.1) is 42.7 Å². The van der Waals surface area contributed by atoms with Crippen LogP contribution in [0, 0.1) is 3.57 Å². The number of carbonyl (C=O) groups excluding carboxylic acids is 1. The van der Waals surface area contributed by atoms with E-state index in [1.165, 1.54) is 23.0 Å². The molecule has 1 atom stereocenters. The van der Waals surface area contributed by atoms with Gasteiger partial charge in [0, 0.05) is 15.2 Å². The van der Waals surface area contributed by atoms with Crippen LogP contribution >= 0.6 is 33.9 Å². The summed E-state index contributed by atoms with van der Waals surface area (Å²) in [6.45, 7) is 3.68. The largest absolute Gasteiger partial charge is 0.493 e. The number of rotatable bonds is 7. The fourth-order valence-electron chi connectivity index (χ4n) is 4.46. The maximum absolute atomic E-state index is 13.8. The van der Waals surface area contributed by atoms with E-state index in [1.54, 1.807) is 45.2 Å². The zero-order valence-electron chi connectivity index (χ0n) is 21.7. The molecule has 10 heteroatoms. The number of fused-ring (bicyclic) bond motifs is 1. The standard InChI is InChI=1S/C29H25IN2O6S/c1-5-37-28(34)25-16(2)31-29-32(26(25)18-8-12-22(35-3)23(14-18)36-4)27(33)24(39-29)15-20-11-13-21(38-20)17-6-9-19(30)10-7-17/h6-15,26H,5H2,1-4H3/b24-15-/t26-/m0/s1. The van der Waals surface area contributed by atoms with Gasteiger partial charge < -0.3 is 18.6 Å². The van der Waals surface area contributed by atoms with Crippen LogP contribution in [-0.2, 0) is 9.53 Å². The van der Waals surface area contributed by atoms with Gasteiger partial charge >= 0.3 is 5.97 Å². The lowest BCUT2D eigenvalue weighted by Gasteiger charge is -2.25. The van der Waals surface area contributed by atoms with Crippen LogP contribution in [0.25, 0.3) is 17.4 Å². The first kappa shape index (κ1) is 26.9. The lowest BCUT2D eigenvalue weighted by Crippen LogP contribution is -2.39. The minimum atomic E-state index is -0.763. The molecule has 2 aromatic carbocycles. The summed E-state index contributed by atoms with van der Waals surface area (Å²) in [7, 11) is 3.08. The number of methoxy groups -OCH3 is 2.